The number of ether oxygens (including phenoxy) is 2. The number of hydrogen-bond donors (Lipinski definition) is 1. The Hall–Kier alpha value is -0.780. The standard InChI is InChI=1S/C10H16N2O2S/c1-13-4-5-14-6-7-15-10-2-3-12-8-9(10)11/h2-3,8H,4-7,11H2,1H3. The molecule has 1 heterocycles. The summed E-state index contributed by atoms with van der Waals surface area (Å²) >= 11 is 1.67. The molecule has 0 saturated heterocycles. The van der Waals surface area contributed by atoms with Crippen LogP contribution < -0.4 is 5.73 Å². The Labute approximate surface area is 94.2 Å². The largest absolute Gasteiger partial charge is 0.397 e. The molecule has 0 aromatic carbocycles. The van der Waals surface area contributed by atoms with Gasteiger partial charge in [0.2, 0.25) is 0 Å². The molecule has 0 amide bonds. The average Bonchev–Trinajstić information content (AvgIpc) is 2.25. The molecule has 0 atom stereocenters. The van der Waals surface area contributed by atoms with Crippen LogP contribution in [0.3, 0.4) is 0 Å². The van der Waals surface area contributed by atoms with Gasteiger partial charge in [-0.05, 0) is 6.07 Å². The lowest BCUT2D eigenvalue weighted by atomic mass is 10.4. The lowest BCUT2D eigenvalue weighted by Gasteiger charge is -2.05. The predicted octanol–water partition coefficient (Wildman–Crippen LogP) is 1.42. The minimum absolute atomic E-state index is 0.641. The van der Waals surface area contributed by atoms with Crippen LogP contribution in [-0.2, 0) is 9.47 Å². The molecule has 84 valence electrons. The van der Waals surface area contributed by atoms with Gasteiger partial charge in [0.05, 0.1) is 31.7 Å². The Morgan fingerprint density at radius 3 is 3.00 bits per heavy atom. The number of aromatic nitrogens is 1. The number of methoxy groups -OCH3 is 1. The van der Waals surface area contributed by atoms with E-state index in [2.05, 4.69) is 4.98 Å². The van der Waals surface area contributed by atoms with Gasteiger partial charge in [-0.1, -0.05) is 0 Å². The van der Waals surface area contributed by atoms with Crippen LogP contribution in [0, 0.1) is 0 Å². The van der Waals surface area contributed by atoms with Crippen molar-refractivity contribution in [2.75, 3.05) is 38.4 Å². The van der Waals surface area contributed by atoms with E-state index in [1.54, 1.807) is 31.3 Å². The molecule has 0 aliphatic carbocycles. The predicted molar refractivity (Wildman–Crippen MR) is 62.1 cm³/mol. The summed E-state index contributed by atoms with van der Waals surface area (Å²) < 4.78 is 10.2. The van der Waals surface area contributed by atoms with E-state index in [9.17, 15) is 0 Å². The number of pyridine rings is 1. The summed E-state index contributed by atoms with van der Waals surface area (Å²) in [4.78, 5) is 4.98. The molecular formula is C10H16N2O2S. The highest BCUT2D eigenvalue weighted by Gasteiger charge is 1.98. The van der Waals surface area contributed by atoms with E-state index in [4.69, 9.17) is 15.2 Å². The Bertz CT molecular complexity index is 284. The van der Waals surface area contributed by atoms with E-state index < -0.39 is 0 Å². The number of nitrogens with zero attached hydrogens (tertiary/aromatic N) is 1. The fourth-order valence-electron chi connectivity index (χ4n) is 0.980. The fraction of sp³-hybridized carbons (Fsp3) is 0.500. The van der Waals surface area contributed by atoms with Crippen molar-refractivity contribution in [2.45, 2.75) is 4.90 Å². The van der Waals surface area contributed by atoms with Crippen LogP contribution in [-0.4, -0.2) is 37.7 Å². The van der Waals surface area contributed by atoms with Crippen LogP contribution in [0.1, 0.15) is 0 Å². The van der Waals surface area contributed by atoms with E-state index in [0.29, 0.717) is 19.8 Å². The lowest BCUT2D eigenvalue weighted by Crippen LogP contribution is -2.04. The number of rotatable bonds is 7. The minimum atomic E-state index is 0.641. The van der Waals surface area contributed by atoms with Crippen molar-refractivity contribution >= 4 is 17.4 Å². The van der Waals surface area contributed by atoms with Gasteiger partial charge in [-0.3, -0.25) is 4.98 Å². The summed E-state index contributed by atoms with van der Waals surface area (Å²) in [7, 11) is 1.66. The van der Waals surface area contributed by atoms with Gasteiger partial charge in [-0.15, -0.1) is 11.8 Å². The Morgan fingerprint density at radius 2 is 2.27 bits per heavy atom. The van der Waals surface area contributed by atoms with E-state index in [1.165, 1.54) is 0 Å². The zero-order valence-electron chi connectivity index (χ0n) is 8.81. The third-order valence-corrected chi connectivity index (χ3v) is 2.78. The van der Waals surface area contributed by atoms with Crippen molar-refractivity contribution in [1.29, 1.82) is 0 Å². The SMILES string of the molecule is COCCOCCSc1ccncc1N. The van der Waals surface area contributed by atoms with Crippen LogP contribution in [0.4, 0.5) is 5.69 Å². The van der Waals surface area contributed by atoms with Gasteiger partial charge in [0.25, 0.3) is 0 Å². The van der Waals surface area contributed by atoms with Crippen molar-refractivity contribution < 1.29 is 9.47 Å². The van der Waals surface area contributed by atoms with Gasteiger partial charge >= 0.3 is 0 Å². The topological polar surface area (TPSA) is 57.4 Å². The molecule has 1 rings (SSSR count). The van der Waals surface area contributed by atoms with Crippen LogP contribution in [0.2, 0.25) is 0 Å². The van der Waals surface area contributed by atoms with Crippen LogP contribution >= 0.6 is 11.8 Å². The molecule has 0 saturated carbocycles. The molecular weight excluding hydrogens is 212 g/mol. The molecule has 4 nitrogen and oxygen atoms in total. The summed E-state index contributed by atoms with van der Waals surface area (Å²) in [6.07, 6.45) is 3.40. The summed E-state index contributed by atoms with van der Waals surface area (Å²) in [6.45, 7) is 1.99. The van der Waals surface area contributed by atoms with E-state index in [0.717, 1.165) is 16.3 Å². The molecule has 0 bridgehead atoms. The maximum absolute atomic E-state index is 5.74. The summed E-state index contributed by atoms with van der Waals surface area (Å²) in [5.41, 5.74) is 6.46. The first kappa shape index (κ1) is 12.3. The molecule has 5 heteroatoms. The summed E-state index contributed by atoms with van der Waals surface area (Å²) in [6, 6.07) is 1.91. The molecule has 0 fully saturated rings. The number of nitrogens with two attached hydrogens (primary N) is 1. The van der Waals surface area contributed by atoms with E-state index in [-0.39, 0.29) is 0 Å². The molecule has 15 heavy (non-hydrogen) atoms. The second-order valence-electron chi connectivity index (χ2n) is 2.87. The maximum Gasteiger partial charge on any atom is 0.0700 e. The van der Waals surface area contributed by atoms with Crippen molar-refractivity contribution in [1.82, 2.24) is 4.98 Å². The Kier molecular flexibility index (Phi) is 6.15. The highest BCUT2D eigenvalue weighted by atomic mass is 32.2. The van der Waals surface area contributed by atoms with Crippen molar-refractivity contribution in [3.05, 3.63) is 18.5 Å². The zero-order chi connectivity index (χ0) is 10.9. The molecule has 0 radical (unpaired) electrons. The first-order valence-electron chi connectivity index (χ1n) is 4.73. The molecule has 0 aliphatic heterocycles. The average molecular weight is 228 g/mol. The smallest absolute Gasteiger partial charge is 0.0700 e. The highest BCUT2D eigenvalue weighted by molar-refractivity contribution is 7.99. The zero-order valence-corrected chi connectivity index (χ0v) is 9.63. The van der Waals surface area contributed by atoms with Gasteiger partial charge in [-0.2, -0.15) is 0 Å². The van der Waals surface area contributed by atoms with Gasteiger partial charge < -0.3 is 15.2 Å². The van der Waals surface area contributed by atoms with Crippen molar-refractivity contribution in [3.8, 4) is 0 Å². The number of anilines is 1. The highest BCUT2D eigenvalue weighted by Crippen LogP contribution is 2.22. The van der Waals surface area contributed by atoms with Gasteiger partial charge in [-0.25, -0.2) is 0 Å². The first-order valence-corrected chi connectivity index (χ1v) is 5.72. The molecule has 1 aromatic rings. The monoisotopic (exact) mass is 228 g/mol. The van der Waals surface area contributed by atoms with E-state index >= 15 is 0 Å². The molecule has 0 spiro atoms. The lowest BCUT2D eigenvalue weighted by molar-refractivity contribution is 0.0790. The van der Waals surface area contributed by atoms with E-state index in [1.807, 2.05) is 6.07 Å². The van der Waals surface area contributed by atoms with Gasteiger partial charge in [0, 0.05) is 24.0 Å². The molecule has 0 unspecified atom stereocenters. The van der Waals surface area contributed by atoms with Crippen LogP contribution in [0.5, 0.6) is 0 Å². The summed E-state index contributed by atoms with van der Waals surface area (Å²) in [5.74, 6) is 0.887. The fourth-order valence-corrected chi connectivity index (χ4v) is 1.78. The first-order chi connectivity index (χ1) is 7.34. The van der Waals surface area contributed by atoms with Crippen molar-refractivity contribution in [2.24, 2.45) is 0 Å². The minimum Gasteiger partial charge on any atom is -0.397 e. The third-order valence-electron chi connectivity index (χ3n) is 1.73. The van der Waals surface area contributed by atoms with Gasteiger partial charge in [0.1, 0.15) is 0 Å². The Balaban J connectivity index is 2.12. The van der Waals surface area contributed by atoms with Crippen LogP contribution in [0.25, 0.3) is 0 Å². The normalized spacial score (nSPS) is 10.5. The number of nitrogen functional groups attached to an aromatic ring is 1. The second kappa shape index (κ2) is 7.50. The second-order valence-corrected chi connectivity index (χ2v) is 4.00. The van der Waals surface area contributed by atoms with Gasteiger partial charge in [0.15, 0.2) is 0 Å². The number of thioether (sulfide) groups is 1. The quantitative estimate of drug-likeness (QED) is 0.565. The molecule has 1 aromatic heterocycles. The summed E-state index contributed by atoms with van der Waals surface area (Å²) in [5, 5.41) is 0. The van der Waals surface area contributed by atoms with Crippen molar-refractivity contribution in [3.63, 3.8) is 0 Å². The Morgan fingerprint density at radius 1 is 1.40 bits per heavy atom. The maximum atomic E-state index is 5.74. The van der Waals surface area contributed by atoms with Crippen LogP contribution in [0.15, 0.2) is 23.4 Å². The number of hydrogen-bond acceptors (Lipinski definition) is 5. The molecule has 2 N–H and O–H groups in total. The third kappa shape index (κ3) is 5.01. The molecule has 0 aliphatic rings.